The largest absolute Gasteiger partial charge is 0.462 e. The van der Waals surface area contributed by atoms with Crippen molar-refractivity contribution in [3.05, 3.63) is 47.6 Å². The number of hydrogen-bond donors (Lipinski definition) is 2. The summed E-state index contributed by atoms with van der Waals surface area (Å²) in [5, 5.41) is 21.9. The smallest absolute Gasteiger partial charge is 0.311 e. The van der Waals surface area contributed by atoms with Crippen LogP contribution in [0.15, 0.2) is 47.6 Å². The minimum atomic E-state index is -1.10. The van der Waals surface area contributed by atoms with Crippen molar-refractivity contribution in [1.82, 2.24) is 0 Å². The zero-order valence-electron chi connectivity index (χ0n) is 37.3. The van der Waals surface area contributed by atoms with Crippen molar-refractivity contribution in [2.24, 2.45) is 58.7 Å². The molecule has 59 heavy (non-hydrogen) atoms. The molecule has 1 fully saturated rings. The molecule has 0 aromatic heterocycles. The molecule has 4 aliphatic carbocycles. The summed E-state index contributed by atoms with van der Waals surface area (Å²) >= 11 is 0. The van der Waals surface area contributed by atoms with Crippen LogP contribution in [0.3, 0.4) is 0 Å². The third kappa shape index (κ3) is 12.2. The number of esters is 4. The molecule has 0 bridgehead atoms. The molecule has 10 nitrogen and oxygen atoms in total. The molecule has 330 valence electrons. The lowest BCUT2D eigenvalue weighted by atomic mass is 9.65. The van der Waals surface area contributed by atoms with Crippen molar-refractivity contribution in [3.63, 3.8) is 0 Å². The molecule has 1 saturated heterocycles. The fraction of sp³-hybridized carbons (Fsp3) is 0.755. The Morgan fingerprint density at radius 2 is 1.39 bits per heavy atom. The molecule has 0 radical (unpaired) electrons. The van der Waals surface area contributed by atoms with Crippen LogP contribution >= 0.6 is 0 Å². The molecule has 0 amide bonds. The van der Waals surface area contributed by atoms with Gasteiger partial charge in [-0.05, 0) is 118 Å². The lowest BCUT2D eigenvalue weighted by molar-refractivity contribution is -0.172. The first-order chi connectivity index (χ1) is 27.9. The van der Waals surface area contributed by atoms with Gasteiger partial charge < -0.3 is 29.2 Å². The fourth-order valence-electron chi connectivity index (χ4n) is 10.1. The molecule has 0 aromatic rings. The predicted octanol–water partition coefficient (Wildman–Crippen LogP) is 8.78. The molecule has 15 unspecified atom stereocenters. The molecule has 5 aliphatic rings. The van der Waals surface area contributed by atoms with E-state index in [1.807, 2.05) is 34.6 Å². The Hall–Kier alpha value is -3.24. The molecular weight excluding hydrogens is 749 g/mol. The third-order valence-electron chi connectivity index (χ3n) is 14.3. The van der Waals surface area contributed by atoms with Gasteiger partial charge >= 0.3 is 23.9 Å². The van der Waals surface area contributed by atoms with Crippen LogP contribution in [-0.4, -0.2) is 70.7 Å². The normalized spacial score (nSPS) is 34.5. The van der Waals surface area contributed by atoms with E-state index in [4.69, 9.17) is 18.9 Å². The summed E-state index contributed by atoms with van der Waals surface area (Å²) in [6.45, 7) is 18.4. The number of aliphatic hydroxyl groups is 2. The number of allylic oxidation sites excluding steroid dienone is 6. The highest BCUT2D eigenvalue weighted by atomic mass is 16.6. The molecule has 1 aliphatic heterocycles. The summed E-state index contributed by atoms with van der Waals surface area (Å²) in [7, 11) is 0. The molecular formula is C49H74O10. The topological polar surface area (TPSA) is 146 Å². The predicted molar refractivity (Wildman–Crippen MR) is 226 cm³/mol. The molecule has 15 atom stereocenters. The first-order valence-corrected chi connectivity index (χ1v) is 22.8. The first kappa shape index (κ1) is 46.8. The molecule has 0 aromatic carbocycles. The van der Waals surface area contributed by atoms with Crippen LogP contribution in [0.4, 0.5) is 0 Å². The maximum Gasteiger partial charge on any atom is 0.311 e. The molecule has 1 heterocycles. The van der Waals surface area contributed by atoms with Gasteiger partial charge in [0.05, 0.1) is 36.4 Å². The van der Waals surface area contributed by atoms with E-state index in [1.165, 1.54) is 11.1 Å². The SMILES string of the molecule is CCC(C)C(=O)OC1CC(C)C=C2C=CC(C)C(CCC(O)CC(O)CC(=O)OC3CC(=O)OC(CCC4C(C)C=CC5=CC(C)CC(OC(=O)C(C)(C)CC)C54)C3)C21. The molecule has 0 saturated carbocycles. The van der Waals surface area contributed by atoms with E-state index in [0.717, 1.165) is 25.7 Å². The van der Waals surface area contributed by atoms with Gasteiger partial charge in [-0.1, -0.05) is 84.9 Å². The maximum atomic E-state index is 13.2. The standard InChI is InChI=1S/C49H74O10/c1-10-30(5)47(54)58-41-22-28(3)20-33-14-12-31(6)39(45(33)41)18-16-35(50)24-36(51)25-43(52)57-38-26-37(56-44(53)27-38)17-19-40-32(7)13-15-34-21-29(4)23-42(46(34)40)59-48(55)49(8,9)11-2/h12-15,20-21,28-32,35-42,45-46,50-51H,10-11,16-19,22-27H2,1-9H3. The van der Waals surface area contributed by atoms with E-state index in [1.54, 1.807) is 0 Å². The van der Waals surface area contributed by atoms with E-state index in [2.05, 4.69) is 64.2 Å². The number of rotatable bonds is 17. The van der Waals surface area contributed by atoms with Gasteiger partial charge in [0, 0.05) is 18.3 Å². The van der Waals surface area contributed by atoms with Crippen LogP contribution < -0.4 is 0 Å². The zero-order chi connectivity index (χ0) is 43.2. The van der Waals surface area contributed by atoms with Crippen molar-refractivity contribution < 1.29 is 48.3 Å². The van der Waals surface area contributed by atoms with E-state index in [0.29, 0.717) is 38.0 Å². The summed E-state index contributed by atoms with van der Waals surface area (Å²) in [5.41, 5.74) is 1.83. The molecule has 2 N–H and O–H groups in total. The van der Waals surface area contributed by atoms with Gasteiger partial charge in [-0.3, -0.25) is 19.2 Å². The summed E-state index contributed by atoms with van der Waals surface area (Å²) in [5.74, 6) is -0.0394. The minimum absolute atomic E-state index is 0.0227. The van der Waals surface area contributed by atoms with Gasteiger partial charge in [-0.2, -0.15) is 0 Å². The number of ether oxygens (including phenoxy) is 4. The fourth-order valence-corrected chi connectivity index (χ4v) is 10.1. The lowest BCUT2D eigenvalue weighted by Gasteiger charge is -2.44. The van der Waals surface area contributed by atoms with Crippen molar-refractivity contribution in [2.45, 2.75) is 176 Å². The summed E-state index contributed by atoms with van der Waals surface area (Å²) < 4.78 is 23.9. The Morgan fingerprint density at radius 3 is 1.97 bits per heavy atom. The summed E-state index contributed by atoms with van der Waals surface area (Å²) in [6.07, 6.45) is 15.3. The maximum absolute atomic E-state index is 13.2. The Morgan fingerprint density at radius 1 is 0.814 bits per heavy atom. The van der Waals surface area contributed by atoms with Gasteiger partial charge in [0.25, 0.3) is 0 Å². The van der Waals surface area contributed by atoms with Crippen LogP contribution in [0.1, 0.15) is 139 Å². The molecule has 5 rings (SSSR count). The van der Waals surface area contributed by atoms with Gasteiger partial charge in [0.2, 0.25) is 0 Å². The van der Waals surface area contributed by atoms with Crippen LogP contribution in [0, 0.1) is 58.7 Å². The van der Waals surface area contributed by atoms with E-state index < -0.39 is 41.8 Å². The Balaban J connectivity index is 1.11. The van der Waals surface area contributed by atoms with Crippen molar-refractivity contribution in [3.8, 4) is 0 Å². The third-order valence-corrected chi connectivity index (χ3v) is 14.3. The highest BCUT2D eigenvalue weighted by Crippen LogP contribution is 2.47. The number of fused-ring (bicyclic) bond motifs is 2. The van der Waals surface area contributed by atoms with Crippen LogP contribution in [-0.2, 0) is 38.1 Å². The number of cyclic esters (lactones) is 1. The van der Waals surface area contributed by atoms with Gasteiger partial charge in [-0.25, -0.2) is 0 Å². The van der Waals surface area contributed by atoms with Crippen LogP contribution in [0.5, 0.6) is 0 Å². The Bertz CT molecular complexity index is 1610. The minimum Gasteiger partial charge on any atom is -0.462 e. The average Bonchev–Trinajstić information content (AvgIpc) is 3.16. The number of aliphatic hydroxyl groups excluding tert-OH is 2. The second kappa shape index (κ2) is 20.5. The highest BCUT2D eigenvalue weighted by molar-refractivity contribution is 5.76. The van der Waals surface area contributed by atoms with Crippen molar-refractivity contribution in [2.75, 3.05) is 0 Å². The van der Waals surface area contributed by atoms with Crippen LogP contribution in [0.25, 0.3) is 0 Å². The highest BCUT2D eigenvalue weighted by Gasteiger charge is 2.44. The molecule has 10 heteroatoms. The first-order valence-electron chi connectivity index (χ1n) is 22.8. The number of carbonyl (C=O) groups excluding carboxylic acids is 4. The second-order valence-electron chi connectivity index (χ2n) is 19.6. The van der Waals surface area contributed by atoms with Crippen molar-refractivity contribution >= 4 is 23.9 Å². The Labute approximate surface area is 353 Å². The van der Waals surface area contributed by atoms with Gasteiger partial charge in [0.15, 0.2) is 0 Å². The number of hydrogen-bond acceptors (Lipinski definition) is 10. The average molecular weight is 823 g/mol. The quantitative estimate of drug-likeness (QED) is 0.108. The van der Waals surface area contributed by atoms with Gasteiger partial charge in [0.1, 0.15) is 24.4 Å². The van der Waals surface area contributed by atoms with E-state index in [-0.39, 0.29) is 90.8 Å². The lowest BCUT2D eigenvalue weighted by Crippen LogP contribution is -2.43. The summed E-state index contributed by atoms with van der Waals surface area (Å²) in [6, 6.07) is 0. The monoisotopic (exact) mass is 823 g/mol. The van der Waals surface area contributed by atoms with Crippen LogP contribution in [0.2, 0.25) is 0 Å². The summed E-state index contributed by atoms with van der Waals surface area (Å²) in [4.78, 5) is 51.9. The zero-order valence-corrected chi connectivity index (χ0v) is 37.3. The molecule has 0 spiro atoms. The van der Waals surface area contributed by atoms with E-state index in [9.17, 15) is 29.4 Å². The number of carbonyl (C=O) groups is 4. The van der Waals surface area contributed by atoms with Crippen molar-refractivity contribution in [1.29, 1.82) is 0 Å². The second-order valence-corrected chi connectivity index (χ2v) is 19.6. The Kier molecular flexibility index (Phi) is 16.3. The van der Waals surface area contributed by atoms with Gasteiger partial charge in [-0.15, -0.1) is 0 Å². The van der Waals surface area contributed by atoms with E-state index >= 15 is 0 Å².